The quantitative estimate of drug-likeness (QED) is 0.341. The molecule has 0 aliphatic heterocycles. The Balaban J connectivity index is 1.23. The summed E-state index contributed by atoms with van der Waals surface area (Å²) < 4.78 is 0. The maximum absolute atomic E-state index is 12.7. The van der Waals surface area contributed by atoms with Gasteiger partial charge < -0.3 is 20.6 Å². The lowest BCUT2D eigenvalue weighted by molar-refractivity contribution is -0.207. The number of nitrogens with one attached hydrogen (secondary N) is 1. The van der Waals surface area contributed by atoms with E-state index >= 15 is 0 Å². The molecule has 5 rings (SSSR count). The van der Waals surface area contributed by atoms with Crippen molar-refractivity contribution in [2.24, 2.45) is 46.3 Å². The Morgan fingerprint density at radius 1 is 1.05 bits per heavy atom. The first-order valence-corrected chi connectivity index (χ1v) is 15.5. The van der Waals surface area contributed by atoms with Crippen LogP contribution in [0.15, 0.2) is 18.2 Å². The molecule has 11 atom stereocenters. The van der Waals surface area contributed by atoms with Gasteiger partial charge in [0.25, 0.3) is 0 Å². The molecule has 0 spiro atoms. The summed E-state index contributed by atoms with van der Waals surface area (Å²) in [6.45, 7) is 7.29. The summed E-state index contributed by atoms with van der Waals surface area (Å²) in [5, 5.41) is 37.5. The smallest absolute Gasteiger partial charge is 0.220 e. The summed E-state index contributed by atoms with van der Waals surface area (Å²) in [7, 11) is 0. The Labute approximate surface area is 237 Å². The number of fused-ring (bicyclic) bond motifs is 5. The molecule has 1 aromatic carbocycles. The molecule has 4 saturated carbocycles. The molecule has 4 N–H and O–H groups in total. The van der Waals surface area contributed by atoms with Crippen LogP contribution >= 0.6 is 23.2 Å². The van der Waals surface area contributed by atoms with Crippen molar-refractivity contribution < 1.29 is 20.1 Å². The van der Waals surface area contributed by atoms with Crippen molar-refractivity contribution in [1.82, 2.24) is 5.32 Å². The van der Waals surface area contributed by atoms with E-state index in [9.17, 15) is 20.1 Å². The number of rotatable bonds is 6. The summed E-state index contributed by atoms with van der Waals surface area (Å²) in [5.41, 5.74) is 0.762. The van der Waals surface area contributed by atoms with Gasteiger partial charge in [-0.05, 0) is 115 Å². The van der Waals surface area contributed by atoms with Crippen molar-refractivity contribution in [3.05, 3.63) is 33.8 Å². The molecule has 0 unspecified atom stereocenters. The van der Waals surface area contributed by atoms with Gasteiger partial charge in [-0.1, -0.05) is 50.0 Å². The maximum Gasteiger partial charge on any atom is 0.220 e. The Morgan fingerprint density at radius 2 is 1.82 bits per heavy atom. The van der Waals surface area contributed by atoms with E-state index in [4.69, 9.17) is 23.2 Å². The second-order valence-corrected chi connectivity index (χ2v) is 14.4. The summed E-state index contributed by atoms with van der Waals surface area (Å²) in [6.07, 6.45) is 6.40. The van der Waals surface area contributed by atoms with Crippen molar-refractivity contribution >= 4 is 29.1 Å². The highest BCUT2D eigenvalue weighted by Crippen LogP contribution is 2.68. The number of amides is 1. The minimum Gasteiger partial charge on any atom is -0.393 e. The molecule has 0 saturated heterocycles. The van der Waals surface area contributed by atoms with Crippen LogP contribution in [0.2, 0.25) is 10.0 Å². The average Bonchev–Trinajstić information content (AvgIpc) is 3.23. The van der Waals surface area contributed by atoms with Gasteiger partial charge in [-0.15, -0.1) is 0 Å². The summed E-state index contributed by atoms with van der Waals surface area (Å²) in [6, 6.07) is 5.39. The predicted octanol–water partition coefficient (Wildman–Crippen LogP) is 5.99. The van der Waals surface area contributed by atoms with Gasteiger partial charge in [0.15, 0.2) is 0 Å². The molecule has 4 fully saturated rings. The molecule has 5 nitrogen and oxygen atoms in total. The molecule has 0 heterocycles. The Kier molecular flexibility index (Phi) is 8.19. The molecular formula is C31H45Cl2NO4. The van der Waals surface area contributed by atoms with Crippen molar-refractivity contribution in [3.8, 4) is 0 Å². The first-order valence-electron chi connectivity index (χ1n) is 14.7. The average molecular weight is 567 g/mol. The minimum atomic E-state index is -0.401. The monoisotopic (exact) mass is 565 g/mol. The fourth-order valence-electron chi connectivity index (χ4n) is 9.63. The van der Waals surface area contributed by atoms with Gasteiger partial charge in [0, 0.05) is 13.0 Å². The zero-order chi connectivity index (χ0) is 27.4. The van der Waals surface area contributed by atoms with Crippen LogP contribution in [0.1, 0.15) is 84.1 Å². The third kappa shape index (κ3) is 4.93. The molecule has 212 valence electrons. The second kappa shape index (κ2) is 10.9. The summed E-state index contributed by atoms with van der Waals surface area (Å²) >= 11 is 12.1. The largest absolute Gasteiger partial charge is 0.393 e. The van der Waals surface area contributed by atoms with Gasteiger partial charge >= 0.3 is 0 Å². The van der Waals surface area contributed by atoms with Crippen LogP contribution in [0.5, 0.6) is 0 Å². The van der Waals surface area contributed by atoms with Gasteiger partial charge in [-0.25, -0.2) is 0 Å². The second-order valence-electron chi connectivity index (χ2n) is 13.6. The number of carbonyl (C=O) groups is 1. The lowest BCUT2D eigenvalue weighted by Gasteiger charge is -2.63. The van der Waals surface area contributed by atoms with Gasteiger partial charge in [0.1, 0.15) is 0 Å². The SMILES string of the molecule is C[C@H](CCC(=O)NCc1ccc(Cl)c(Cl)c1)[C@H]1CC[C@H]2[C@@H]3[C@H](O)C[C@@H]4C[C@H](O)CC[C@]4(C)[C@H]3C[C@H](O)[C@]12C. The van der Waals surface area contributed by atoms with Crippen molar-refractivity contribution in [2.45, 2.75) is 103 Å². The van der Waals surface area contributed by atoms with Gasteiger partial charge in [0.2, 0.25) is 5.91 Å². The molecule has 0 radical (unpaired) electrons. The van der Waals surface area contributed by atoms with E-state index in [0.29, 0.717) is 52.6 Å². The first kappa shape index (κ1) is 28.7. The van der Waals surface area contributed by atoms with Crippen LogP contribution in [0.4, 0.5) is 0 Å². The van der Waals surface area contributed by atoms with Crippen LogP contribution in [0.3, 0.4) is 0 Å². The molecule has 7 heteroatoms. The minimum absolute atomic E-state index is 0.0213. The number of benzene rings is 1. The molecule has 38 heavy (non-hydrogen) atoms. The van der Waals surface area contributed by atoms with E-state index in [-0.39, 0.29) is 34.9 Å². The number of carbonyl (C=O) groups excluding carboxylic acids is 1. The molecule has 1 aromatic rings. The third-order valence-corrected chi connectivity index (χ3v) is 12.6. The van der Waals surface area contributed by atoms with Crippen molar-refractivity contribution in [1.29, 1.82) is 0 Å². The predicted molar refractivity (Wildman–Crippen MR) is 151 cm³/mol. The molecule has 0 aromatic heterocycles. The standard InChI is InChI=1S/C31H45Cl2NO4/c1-17(4-9-28(38)34-16-18-5-8-24(32)25(33)12-18)21-6-7-22-29-23(15-27(37)31(21,22)3)30(2)11-10-20(35)13-19(30)14-26(29)36/h5,8,12,17,19-23,26-27,29,35-37H,4,6-7,9-11,13-16H2,1-3H3,(H,34,38)/t17-,19+,20-,21-,22+,23+,26-,27+,29+,30+,31-/m1/s1. The number of hydrogen-bond acceptors (Lipinski definition) is 4. The fraction of sp³-hybridized carbons (Fsp3) is 0.774. The van der Waals surface area contributed by atoms with E-state index in [2.05, 4.69) is 26.1 Å². The molecule has 0 bridgehead atoms. The molecule has 4 aliphatic rings. The van der Waals surface area contributed by atoms with Crippen LogP contribution in [0.25, 0.3) is 0 Å². The van der Waals surface area contributed by atoms with E-state index in [1.807, 2.05) is 6.07 Å². The highest BCUT2D eigenvalue weighted by atomic mass is 35.5. The normalized spacial score (nSPS) is 43.1. The summed E-state index contributed by atoms with van der Waals surface area (Å²) in [4.78, 5) is 12.7. The molecule has 1 amide bonds. The lowest BCUT2D eigenvalue weighted by atomic mass is 9.43. The summed E-state index contributed by atoms with van der Waals surface area (Å²) in [5.74, 6) is 1.81. The highest BCUT2D eigenvalue weighted by molar-refractivity contribution is 6.42. The highest BCUT2D eigenvalue weighted by Gasteiger charge is 2.65. The maximum atomic E-state index is 12.7. The zero-order valence-corrected chi connectivity index (χ0v) is 24.5. The Bertz CT molecular complexity index is 1040. The van der Waals surface area contributed by atoms with E-state index in [0.717, 1.165) is 56.9 Å². The van der Waals surface area contributed by atoms with Crippen molar-refractivity contribution in [2.75, 3.05) is 0 Å². The van der Waals surface area contributed by atoms with Gasteiger partial charge in [-0.2, -0.15) is 0 Å². The van der Waals surface area contributed by atoms with Gasteiger partial charge in [0.05, 0.1) is 28.4 Å². The number of hydrogen-bond donors (Lipinski definition) is 4. The van der Waals surface area contributed by atoms with Crippen LogP contribution in [0, 0.1) is 46.3 Å². The lowest BCUT2D eigenvalue weighted by Crippen LogP contribution is -2.62. The number of aliphatic hydroxyl groups is 3. The van der Waals surface area contributed by atoms with Crippen LogP contribution < -0.4 is 5.32 Å². The van der Waals surface area contributed by atoms with E-state index in [1.54, 1.807) is 12.1 Å². The van der Waals surface area contributed by atoms with E-state index in [1.165, 1.54) is 0 Å². The Hall–Kier alpha value is -0.850. The number of halogens is 2. The number of aliphatic hydroxyl groups excluding tert-OH is 3. The van der Waals surface area contributed by atoms with Crippen LogP contribution in [-0.4, -0.2) is 39.5 Å². The van der Waals surface area contributed by atoms with Crippen molar-refractivity contribution in [3.63, 3.8) is 0 Å². The van der Waals surface area contributed by atoms with Gasteiger partial charge in [-0.3, -0.25) is 4.79 Å². The molecular weight excluding hydrogens is 521 g/mol. The molecule has 4 aliphatic carbocycles. The zero-order valence-electron chi connectivity index (χ0n) is 23.0. The van der Waals surface area contributed by atoms with E-state index < -0.39 is 6.10 Å². The fourth-order valence-corrected chi connectivity index (χ4v) is 9.95. The Morgan fingerprint density at radius 3 is 2.55 bits per heavy atom. The van der Waals surface area contributed by atoms with Crippen LogP contribution in [-0.2, 0) is 11.3 Å². The first-order chi connectivity index (χ1) is 17.9. The topological polar surface area (TPSA) is 89.8 Å². The third-order valence-electron chi connectivity index (χ3n) is 11.8.